The minimum Gasteiger partial charge on any atom is -0.352 e. The van der Waals surface area contributed by atoms with Gasteiger partial charge in [0, 0.05) is 19.1 Å². The third-order valence-electron chi connectivity index (χ3n) is 5.65. The number of benzene rings is 1. The lowest BCUT2D eigenvalue weighted by molar-refractivity contribution is -0.123. The summed E-state index contributed by atoms with van der Waals surface area (Å²) >= 11 is 2.53. The summed E-state index contributed by atoms with van der Waals surface area (Å²) in [5, 5.41) is 2.97. The average Bonchev–Trinajstić information content (AvgIpc) is 3.46. The monoisotopic (exact) mass is 493 g/mol. The van der Waals surface area contributed by atoms with E-state index in [0.29, 0.717) is 18.8 Å². The second kappa shape index (κ2) is 9.94. The van der Waals surface area contributed by atoms with Gasteiger partial charge in [0.05, 0.1) is 15.6 Å². The van der Waals surface area contributed by atoms with Crippen LogP contribution in [0.25, 0.3) is 0 Å². The van der Waals surface area contributed by atoms with Crippen LogP contribution >= 0.6 is 23.1 Å². The van der Waals surface area contributed by atoms with Gasteiger partial charge in [0.25, 0.3) is 10.0 Å². The number of hydrogen-bond acceptors (Lipinski definition) is 6. The van der Waals surface area contributed by atoms with Crippen molar-refractivity contribution in [1.29, 1.82) is 0 Å². The molecule has 2 aromatic rings. The number of thioether (sulfide) groups is 1. The number of fused-ring (bicyclic) bond motifs is 1. The van der Waals surface area contributed by atoms with E-state index in [4.69, 9.17) is 0 Å². The summed E-state index contributed by atoms with van der Waals surface area (Å²) in [6, 6.07) is 11.6. The van der Waals surface area contributed by atoms with Gasteiger partial charge in [0.1, 0.15) is 10.8 Å². The molecular formula is C22H27N3O4S3. The molecule has 10 heteroatoms. The minimum atomic E-state index is -3.55. The molecule has 2 aliphatic rings. The topological polar surface area (TPSA) is 86.8 Å². The lowest BCUT2D eigenvalue weighted by Crippen LogP contribution is -2.45. The molecule has 1 N–H and O–H groups in total. The Morgan fingerprint density at radius 1 is 1.19 bits per heavy atom. The lowest BCUT2D eigenvalue weighted by Gasteiger charge is -2.26. The summed E-state index contributed by atoms with van der Waals surface area (Å²) in [4.78, 5) is 26.7. The molecule has 1 aromatic heterocycles. The number of anilines is 1. The zero-order chi connectivity index (χ0) is 22.7. The van der Waals surface area contributed by atoms with Crippen LogP contribution in [0.4, 0.5) is 5.69 Å². The molecule has 7 nitrogen and oxygen atoms in total. The van der Waals surface area contributed by atoms with Crippen molar-refractivity contribution in [2.45, 2.75) is 47.1 Å². The zero-order valence-corrected chi connectivity index (χ0v) is 20.4. The van der Waals surface area contributed by atoms with Gasteiger partial charge in [-0.2, -0.15) is 4.31 Å². The molecule has 0 unspecified atom stereocenters. The minimum absolute atomic E-state index is 0.0370. The molecule has 2 aliphatic heterocycles. The molecule has 0 spiro atoms. The third-order valence-corrected chi connectivity index (χ3v) is 10.4. The number of thiophene rings is 1. The highest BCUT2D eigenvalue weighted by molar-refractivity contribution is 8.02. The van der Waals surface area contributed by atoms with Gasteiger partial charge in [-0.25, -0.2) is 8.42 Å². The normalized spacial score (nSPS) is 17.9. The van der Waals surface area contributed by atoms with Crippen molar-refractivity contribution in [2.75, 3.05) is 30.3 Å². The second-order valence-electron chi connectivity index (χ2n) is 8.11. The van der Waals surface area contributed by atoms with E-state index in [2.05, 4.69) is 17.4 Å². The Labute approximate surface area is 197 Å². The van der Waals surface area contributed by atoms with Crippen LogP contribution < -0.4 is 10.2 Å². The predicted octanol–water partition coefficient (Wildman–Crippen LogP) is 3.11. The number of rotatable bonds is 8. The molecular weight excluding hydrogens is 466 g/mol. The van der Waals surface area contributed by atoms with E-state index in [0.717, 1.165) is 29.9 Å². The largest absolute Gasteiger partial charge is 0.352 e. The Morgan fingerprint density at radius 2 is 1.91 bits per heavy atom. The van der Waals surface area contributed by atoms with Gasteiger partial charge < -0.3 is 10.2 Å². The van der Waals surface area contributed by atoms with Gasteiger partial charge in [0.2, 0.25) is 11.8 Å². The average molecular weight is 494 g/mol. The fourth-order valence-electron chi connectivity index (χ4n) is 3.90. The van der Waals surface area contributed by atoms with Crippen molar-refractivity contribution in [3.8, 4) is 0 Å². The number of aryl methyl sites for hydroxylation is 1. The summed E-state index contributed by atoms with van der Waals surface area (Å²) < 4.78 is 28.4. The van der Waals surface area contributed by atoms with Crippen molar-refractivity contribution < 1.29 is 18.0 Å². The first-order valence-electron chi connectivity index (χ1n) is 10.7. The second-order valence-corrected chi connectivity index (χ2v) is 12.6. The van der Waals surface area contributed by atoms with E-state index in [-0.39, 0.29) is 34.4 Å². The fourth-order valence-corrected chi connectivity index (χ4v) is 8.33. The molecule has 0 saturated carbocycles. The van der Waals surface area contributed by atoms with Crippen molar-refractivity contribution in [1.82, 2.24) is 9.62 Å². The quantitative estimate of drug-likeness (QED) is 0.611. The third kappa shape index (κ3) is 5.19. The van der Waals surface area contributed by atoms with Crippen LogP contribution in [0.1, 0.15) is 31.7 Å². The van der Waals surface area contributed by atoms with E-state index in [1.54, 1.807) is 6.07 Å². The number of carbonyl (C=O) groups is 2. The molecule has 3 heterocycles. The molecule has 32 heavy (non-hydrogen) atoms. The van der Waals surface area contributed by atoms with Crippen LogP contribution in [0, 0.1) is 0 Å². The van der Waals surface area contributed by atoms with Crippen LogP contribution in [0.2, 0.25) is 0 Å². The summed E-state index contributed by atoms with van der Waals surface area (Å²) in [5.41, 5.74) is 1.74. The van der Waals surface area contributed by atoms with E-state index in [1.165, 1.54) is 37.9 Å². The molecule has 1 saturated heterocycles. The van der Waals surface area contributed by atoms with Crippen molar-refractivity contribution in [2.24, 2.45) is 0 Å². The molecule has 4 rings (SSSR count). The van der Waals surface area contributed by atoms with Crippen LogP contribution in [0.5, 0.6) is 0 Å². The number of sulfonamides is 1. The Bertz CT molecular complexity index is 1080. The first-order valence-corrected chi connectivity index (χ1v) is 14.0. The van der Waals surface area contributed by atoms with Crippen LogP contribution in [-0.2, 0) is 26.0 Å². The Morgan fingerprint density at radius 3 is 2.62 bits per heavy atom. The van der Waals surface area contributed by atoms with Gasteiger partial charge in [-0.3, -0.25) is 9.59 Å². The highest BCUT2D eigenvalue weighted by Gasteiger charge is 2.34. The van der Waals surface area contributed by atoms with Crippen molar-refractivity contribution in [3.63, 3.8) is 0 Å². The van der Waals surface area contributed by atoms with Gasteiger partial charge in [-0.15, -0.1) is 23.1 Å². The summed E-state index contributed by atoms with van der Waals surface area (Å²) in [5.74, 6) is -0.225. The van der Waals surface area contributed by atoms with Gasteiger partial charge in [-0.1, -0.05) is 30.3 Å². The maximum atomic E-state index is 12.9. The fraction of sp³-hybridized carbons (Fsp3) is 0.455. The van der Waals surface area contributed by atoms with Crippen molar-refractivity contribution >= 4 is 50.6 Å². The lowest BCUT2D eigenvalue weighted by atomic mass is 10.1. The molecule has 2 amide bonds. The predicted molar refractivity (Wildman–Crippen MR) is 128 cm³/mol. The highest BCUT2D eigenvalue weighted by atomic mass is 32.3. The molecule has 1 fully saturated rings. The first kappa shape index (κ1) is 23.3. The Kier molecular flexibility index (Phi) is 7.24. The van der Waals surface area contributed by atoms with Gasteiger partial charge in [-0.05, 0) is 44.2 Å². The summed E-state index contributed by atoms with van der Waals surface area (Å²) in [6.45, 7) is 2.90. The van der Waals surface area contributed by atoms with E-state index in [1.807, 2.05) is 25.1 Å². The molecule has 172 valence electrons. The van der Waals surface area contributed by atoms with E-state index in [9.17, 15) is 18.0 Å². The number of amides is 2. The molecule has 1 aromatic carbocycles. The smallest absolute Gasteiger partial charge is 0.252 e. The van der Waals surface area contributed by atoms with E-state index >= 15 is 0 Å². The number of nitrogens with zero attached hydrogens (tertiary/aromatic N) is 2. The standard InChI is InChI=1S/C22H27N3O4S3/c1-16(9-10-17-7-3-2-4-8-17)23-19(26)14-25-18-13-21(31-22(18)30-15-20(25)27)32(28,29)24-11-5-6-12-24/h2-4,7-8,13,16H,5-6,9-12,14-15H2,1H3,(H,23,26)/t16-/m1/s1. The molecule has 0 aliphatic carbocycles. The maximum absolute atomic E-state index is 12.9. The summed E-state index contributed by atoms with van der Waals surface area (Å²) in [7, 11) is -3.55. The first-order chi connectivity index (χ1) is 15.3. The van der Waals surface area contributed by atoms with Crippen LogP contribution in [-0.4, -0.2) is 56.0 Å². The zero-order valence-electron chi connectivity index (χ0n) is 18.0. The number of carbonyl (C=O) groups excluding carboxylic acids is 2. The number of hydrogen-bond donors (Lipinski definition) is 1. The Balaban J connectivity index is 1.41. The molecule has 0 bridgehead atoms. The molecule has 1 atom stereocenters. The SMILES string of the molecule is C[C@H](CCc1ccccc1)NC(=O)CN1C(=O)CSc2sc(S(=O)(=O)N3CCCC3)cc21. The molecule has 0 radical (unpaired) electrons. The highest BCUT2D eigenvalue weighted by Crippen LogP contribution is 2.44. The van der Waals surface area contributed by atoms with Crippen LogP contribution in [0.15, 0.2) is 44.8 Å². The van der Waals surface area contributed by atoms with Gasteiger partial charge in [0.15, 0.2) is 0 Å². The van der Waals surface area contributed by atoms with Crippen molar-refractivity contribution in [3.05, 3.63) is 42.0 Å². The van der Waals surface area contributed by atoms with Gasteiger partial charge >= 0.3 is 0 Å². The maximum Gasteiger partial charge on any atom is 0.252 e. The van der Waals surface area contributed by atoms with Crippen LogP contribution in [0.3, 0.4) is 0 Å². The Hall–Kier alpha value is -1.88. The summed E-state index contributed by atoms with van der Waals surface area (Å²) in [6.07, 6.45) is 3.38. The van der Waals surface area contributed by atoms with E-state index < -0.39 is 10.0 Å². The number of nitrogens with one attached hydrogen (secondary N) is 1.